The van der Waals surface area contributed by atoms with Crippen molar-refractivity contribution in [3.05, 3.63) is 59.2 Å². The molecule has 0 unspecified atom stereocenters. The van der Waals surface area contributed by atoms with Crippen LogP contribution in [0.15, 0.2) is 42.5 Å². The van der Waals surface area contributed by atoms with E-state index in [-0.39, 0.29) is 18.5 Å². The summed E-state index contributed by atoms with van der Waals surface area (Å²) in [6.45, 7) is 8.75. The van der Waals surface area contributed by atoms with Crippen molar-refractivity contribution in [3.63, 3.8) is 0 Å². The molecule has 1 atom stereocenters. The highest BCUT2D eigenvalue weighted by Crippen LogP contribution is 2.25. The van der Waals surface area contributed by atoms with Crippen LogP contribution in [0, 0.1) is 13.8 Å². The molecule has 2 aromatic carbocycles. The Morgan fingerprint density at radius 3 is 2.18 bits per heavy atom. The number of carbonyl (C=O) groups is 2. The summed E-state index contributed by atoms with van der Waals surface area (Å²) in [5, 5.41) is 2.83. The van der Waals surface area contributed by atoms with Gasteiger partial charge in [-0.05, 0) is 69.5 Å². The molecule has 0 bridgehead atoms. The van der Waals surface area contributed by atoms with Gasteiger partial charge in [0.25, 0.3) is 0 Å². The zero-order valence-corrected chi connectivity index (χ0v) is 21.8. The van der Waals surface area contributed by atoms with Crippen LogP contribution in [0.4, 0.5) is 5.69 Å². The summed E-state index contributed by atoms with van der Waals surface area (Å²) in [4.78, 5) is 27.7. The highest BCUT2D eigenvalue weighted by molar-refractivity contribution is 7.92. The lowest BCUT2D eigenvalue weighted by Crippen LogP contribution is -2.52. The molecule has 0 fully saturated rings. The van der Waals surface area contributed by atoms with Crippen molar-refractivity contribution in [2.45, 2.75) is 53.2 Å². The molecule has 0 saturated carbocycles. The van der Waals surface area contributed by atoms with E-state index in [1.807, 2.05) is 45.9 Å². The van der Waals surface area contributed by atoms with E-state index in [0.717, 1.165) is 27.3 Å². The van der Waals surface area contributed by atoms with Crippen molar-refractivity contribution >= 4 is 27.5 Å². The third-order valence-electron chi connectivity index (χ3n) is 5.63. The van der Waals surface area contributed by atoms with Crippen LogP contribution in [0.2, 0.25) is 0 Å². The molecule has 9 heteroatoms. The first-order valence-electron chi connectivity index (χ1n) is 11.1. The molecule has 0 spiro atoms. The second-order valence-electron chi connectivity index (χ2n) is 8.70. The van der Waals surface area contributed by atoms with Crippen LogP contribution in [0.5, 0.6) is 5.75 Å². The van der Waals surface area contributed by atoms with E-state index in [1.165, 1.54) is 4.90 Å². The van der Waals surface area contributed by atoms with Crippen LogP contribution >= 0.6 is 0 Å². The molecule has 0 aliphatic rings. The molecule has 186 valence electrons. The number of anilines is 1. The molecule has 34 heavy (non-hydrogen) atoms. The smallest absolute Gasteiger partial charge is 0.244 e. The largest absolute Gasteiger partial charge is 0.497 e. The SMILES string of the molecule is COc1ccc(CN(C(=O)CN(c2cccc(C)c2C)S(C)(=O)=O)[C@H](C)C(=O)NC(C)C)cc1. The van der Waals surface area contributed by atoms with Crippen molar-refractivity contribution in [1.29, 1.82) is 0 Å². The molecular weight excluding hydrogens is 454 g/mol. The number of carbonyl (C=O) groups excluding carboxylic acids is 2. The molecule has 0 aromatic heterocycles. The molecule has 0 aliphatic heterocycles. The van der Waals surface area contributed by atoms with Crippen LogP contribution in [0.25, 0.3) is 0 Å². The number of sulfonamides is 1. The van der Waals surface area contributed by atoms with Gasteiger partial charge in [0, 0.05) is 12.6 Å². The van der Waals surface area contributed by atoms with Crippen LogP contribution in [-0.2, 0) is 26.2 Å². The van der Waals surface area contributed by atoms with Gasteiger partial charge >= 0.3 is 0 Å². The zero-order valence-electron chi connectivity index (χ0n) is 21.0. The van der Waals surface area contributed by atoms with Crippen molar-refractivity contribution in [1.82, 2.24) is 10.2 Å². The van der Waals surface area contributed by atoms with Gasteiger partial charge in [-0.2, -0.15) is 0 Å². The van der Waals surface area contributed by atoms with E-state index < -0.39 is 28.5 Å². The molecule has 0 radical (unpaired) electrons. The second kappa shape index (κ2) is 11.4. The summed E-state index contributed by atoms with van der Waals surface area (Å²) >= 11 is 0. The summed E-state index contributed by atoms with van der Waals surface area (Å²) in [7, 11) is -2.20. The van der Waals surface area contributed by atoms with Crippen LogP contribution in [-0.4, -0.2) is 57.1 Å². The van der Waals surface area contributed by atoms with Crippen LogP contribution in [0.3, 0.4) is 0 Å². The van der Waals surface area contributed by atoms with E-state index in [1.54, 1.807) is 38.3 Å². The average molecular weight is 490 g/mol. The number of nitrogens with one attached hydrogen (secondary N) is 1. The molecule has 2 rings (SSSR count). The standard InChI is InChI=1S/C25H35N3O5S/c1-17(2)26-25(30)20(5)27(15-21-11-13-22(33-6)14-12-21)24(29)16-28(34(7,31)32)23-10-8-9-18(3)19(23)4/h8-14,17,20H,15-16H2,1-7H3,(H,26,30)/t20-/m1/s1. The van der Waals surface area contributed by atoms with Crippen LogP contribution < -0.4 is 14.4 Å². The second-order valence-corrected chi connectivity index (χ2v) is 10.6. The number of nitrogens with zero attached hydrogens (tertiary/aromatic N) is 2. The molecular formula is C25H35N3O5S. The van der Waals surface area contributed by atoms with Crippen molar-refractivity contribution in [2.24, 2.45) is 0 Å². The number of methoxy groups -OCH3 is 1. The molecule has 0 aliphatic carbocycles. The number of rotatable bonds is 10. The molecule has 0 heterocycles. The third kappa shape index (κ3) is 6.96. The van der Waals surface area contributed by atoms with Gasteiger partial charge in [0.1, 0.15) is 18.3 Å². The van der Waals surface area contributed by atoms with Gasteiger partial charge in [0.2, 0.25) is 21.8 Å². The first kappa shape index (κ1) is 27.2. The third-order valence-corrected chi connectivity index (χ3v) is 6.76. The number of hydrogen-bond acceptors (Lipinski definition) is 5. The summed E-state index contributed by atoms with van der Waals surface area (Å²) in [5.41, 5.74) is 2.92. The maximum atomic E-state index is 13.5. The van der Waals surface area contributed by atoms with E-state index in [4.69, 9.17) is 4.74 Å². The van der Waals surface area contributed by atoms with E-state index in [2.05, 4.69) is 5.32 Å². The maximum absolute atomic E-state index is 13.5. The number of hydrogen-bond donors (Lipinski definition) is 1. The Morgan fingerprint density at radius 2 is 1.65 bits per heavy atom. The van der Waals surface area contributed by atoms with E-state index in [0.29, 0.717) is 11.4 Å². The topological polar surface area (TPSA) is 96.0 Å². The Labute approximate surface area is 202 Å². The fraction of sp³-hybridized carbons (Fsp3) is 0.440. The lowest BCUT2D eigenvalue weighted by atomic mass is 10.1. The van der Waals surface area contributed by atoms with Gasteiger partial charge in [-0.25, -0.2) is 8.42 Å². The predicted octanol–water partition coefficient (Wildman–Crippen LogP) is 3.02. The summed E-state index contributed by atoms with van der Waals surface area (Å²) in [6.07, 6.45) is 1.07. The highest BCUT2D eigenvalue weighted by Gasteiger charge is 2.30. The molecule has 2 amide bonds. The summed E-state index contributed by atoms with van der Waals surface area (Å²) < 4.78 is 31.7. The van der Waals surface area contributed by atoms with Crippen LogP contribution in [0.1, 0.15) is 37.5 Å². The predicted molar refractivity (Wildman–Crippen MR) is 134 cm³/mol. The Kier molecular flexibility index (Phi) is 9.09. The number of aryl methyl sites for hydroxylation is 1. The van der Waals surface area contributed by atoms with Crippen molar-refractivity contribution < 1.29 is 22.7 Å². The molecule has 8 nitrogen and oxygen atoms in total. The normalized spacial score (nSPS) is 12.2. The fourth-order valence-electron chi connectivity index (χ4n) is 3.52. The molecule has 0 saturated heterocycles. The van der Waals surface area contributed by atoms with Gasteiger partial charge in [-0.1, -0.05) is 24.3 Å². The number of ether oxygens (including phenoxy) is 1. The number of benzene rings is 2. The average Bonchev–Trinajstić information content (AvgIpc) is 2.76. The minimum Gasteiger partial charge on any atom is -0.497 e. The Morgan fingerprint density at radius 1 is 1.03 bits per heavy atom. The quantitative estimate of drug-likeness (QED) is 0.554. The van der Waals surface area contributed by atoms with Gasteiger partial charge in [0.15, 0.2) is 0 Å². The van der Waals surface area contributed by atoms with Gasteiger partial charge in [-0.15, -0.1) is 0 Å². The molecule has 1 N–H and O–H groups in total. The summed E-state index contributed by atoms with van der Waals surface area (Å²) in [6, 6.07) is 11.6. The first-order valence-corrected chi connectivity index (χ1v) is 13.0. The lowest BCUT2D eigenvalue weighted by Gasteiger charge is -2.32. The van der Waals surface area contributed by atoms with Gasteiger partial charge in [0.05, 0.1) is 19.1 Å². The van der Waals surface area contributed by atoms with Gasteiger partial charge in [-0.3, -0.25) is 13.9 Å². The van der Waals surface area contributed by atoms with Crippen molar-refractivity contribution in [3.8, 4) is 5.75 Å². The fourth-order valence-corrected chi connectivity index (χ4v) is 4.42. The first-order chi connectivity index (χ1) is 15.8. The molecule has 2 aromatic rings. The zero-order chi connectivity index (χ0) is 25.6. The van der Waals surface area contributed by atoms with E-state index >= 15 is 0 Å². The Balaban J connectivity index is 2.42. The number of amides is 2. The Bertz CT molecular complexity index is 1110. The highest BCUT2D eigenvalue weighted by atomic mass is 32.2. The van der Waals surface area contributed by atoms with E-state index in [9.17, 15) is 18.0 Å². The van der Waals surface area contributed by atoms with Gasteiger partial charge < -0.3 is 15.0 Å². The maximum Gasteiger partial charge on any atom is 0.244 e. The lowest BCUT2D eigenvalue weighted by molar-refractivity contribution is -0.139. The minimum absolute atomic E-state index is 0.102. The Hall–Kier alpha value is -3.07. The monoisotopic (exact) mass is 489 g/mol. The summed E-state index contributed by atoms with van der Waals surface area (Å²) in [5.74, 6) is -0.117. The van der Waals surface area contributed by atoms with Crippen molar-refractivity contribution in [2.75, 3.05) is 24.2 Å². The minimum atomic E-state index is -3.76.